The molecule has 0 saturated carbocycles. The summed E-state index contributed by atoms with van der Waals surface area (Å²) in [6.07, 6.45) is -4.33. The zero-order valence-electron chi connectivity index (χ0n) is 10.8. The Bertz CT molecular complexity index is 480. The Kier molecular flexibility index (Phi) is 3.49. The summed E-state index contributed by atoms with van der Waals surface area (Å²) in [7, 11) is -0.605. The van der Waals surface area contributed by atoms with Crippen LogP contribution in [0.4, 0.5) is 13.2 Å². The van der Waals surface area contributed by atoms with E-state index in [9.17, 15) is 13.2 Å². The molecule has 1 aliphatic heterocycles. The number of hydrogen-bond acceptors (Lipinski definition) is 2. The summed E-state index contributed by atoms with van der Waals surface area (Å²) in [6.45, 7) is 8.02. The van der Waals surface area contributed by atoms with Crippen LogP contribution in [0.5, 0.6) is 0 Å². The maximum Gasteiger partial charge on any atom is 0.494 e. The van der Waals surface area contributed by atoms with Crippen LogP contribution in [0.1, 0.15) is 25.0 Å². The van der Waals surface area contributed by atoms with Gasteiger partial charge in [0.25, 0.3) is 0 Å². The van der Waals surface area contributed by atoms with E-state index >= 15 is 0 Å². The van der Waals surface area contributed by atoms with Gasteiger partial charge in [0.2, 0.25) is 0 Å². The van der Waals surface area contributed by atoms with Crippen molar-refractivity contribution in [3.63, 3.8) is 0 Å². The van der Waals surface area contributed by atoms with E-state index in [1.165, 1.54) is 12.1 Å². The largest absolute Gasteiger partial charge is 0.494 e. The van der Waals surface area contributed by atoms with Crippen molar-refractivity contribution in [3.8, 4) is 0 Å². The zero-order valence-corrected chi connectivity index (χ0v) is 10.8. The van der Waals surface area contributed by atoms with E-state index in [1.54, 1.807) is 0 Å². The van der Waals surface area contributed by atoms with Crippen molar-refractivity contribution in [2.24, 2.45) is 0 Å². The molecule has 0 unspecified atom stereocenters. The molecular weight excluding hydrogens is 256 g/mol. The van der Waals surface area contributed by atoms with Crippen molar-refractivity contribution in [3.05, 3.63) is 42.0 Å². The Morgan fingerprint density at radius 1 is 1.26 bits per heavy atom. The summed E-state index contributed by atoms with van der Waals surface area (Å²) in [5.41, 5.74) is 0.0205. The van der Waals surface area contributed by atoms with Crippen LogP contribution in [-0.2, 0) is 15.5 Å². The predicted molar refractivity (Wildman–Crippen MR) is 67.3 cm³/mol. The van der Waals surface area contributed by atoms with Crippen molar-refractivity contribution < 1.29 is 22.5 Å². The van der Waals surface area contributed by atoms with E-state index in [4.69, 9.17) is 9.31 Å². The zero-order chi connectivity index (χ0) is 14.3. The van der Waals surface area contributed by atoms with Crippen LogP contribution in [0.15, 0.2) is 30.8 Å². The molecule has 1 aromatic carbocycles. The molecule has 0 aromatic heterocycles. The van der Waals surface area contributed by atoms with Gasteiger partial charge < -0.3 is 9.31 Å². The fraction of sp³-hybridized carbons (Fsp3) is 0.385. The Morgan fingerprint density at radius 2 is 1.84 bits per heavy atom. The van der Waals surface area contributed by atoms with Crippen LogP contribution >= 0.6 is 0 Å². The SMILES string of the molecule is C=C(B1OCC(C)(C)O1)c1ccc(C(F)(F)F)cc1. The van der Waals surface area contributed by atoms with Crippen LogP contribution in [-0.4, -0.2) is 19.3 Å². The highest BCUT2D eigenvalue weighted by atomic mass is 19.4. The highest BCUT2D eigenvalue weighted by Gasteiger charge is 2.39. The predicted octanol–water partition coefficient (Wildman–Crippen LogP) is 3.57. The molecule has 0 spiro atoms. The second-order valence-electron chi connectivity index (χ2n) is 5.12. The molecule has 2 nitrogen and oxygen atoms in total. The molecular formula is C13H14BF3O2. The summed E-state index contributed by atoms with van der Waals surface area (Å²) in [6, 6.07) is 4.81. The minimum absolute atomic E-state index is 0.403. The molecule has 1 aliphatic rings. The summed E-state index contributed by atoms with van der Waals surface area (Å²) in [5, 5.41) is 0. The lowest BCUT2D eigenvalue weighted by Gasteiger charge is -2.16. The maximum atomic E-state index is 12.5. The molecule has 0 bridgehead atoms. The van der Waals surface area contributed by atoms with E-state index in [0.29, 0.717) is 17.6 Å². The van der Waals surface area contributed by atoms with E-state index in [0.717, 1.165) is 12.1 Å². The van der Waals surface area contributed by atoms with Crippen LogP contribution in [0.3, 0.4) is 0 Å². The Hall–Kier alpha value is -1.27. The number of halogens is 3. The van der Waals surface area contributed by atoms with Crippen molar-refractivity contribution in [1.82, 2.24) is 0 Å². The molecule has 0 aliphatic carbocycles. The van der Waals surface area contributed by atoms with Crippen molar-refractivity contribution in [2.75, 3.05) is 6.61 Å². The first kappa shape index (κ1) is 14.2. The topological polar surface area (TPSA) is 18.5 Å². The summed E-state index contributed by atoms with van der Waals surface area (Å²) >= 11 is 0. The van der Waals surface area contributed by atoms with Gasteiger partial charge in [-0.15, -0.1) is 0 Å². The number of rotatable bonds is 2. The molecule has 1 fully saturated rings. The summed E-state index contributed by atoms with van der Waals surface area (Å²) in [4.78, 5) is 0. The minimum atomic E-state index is -4.33. The second-order valence-corrected chi connectivity index (χ2v) is 5.12. The average Bonchev–Trinajstić information content (AvgIpc) is 2.68. The van der Waals surface area contributed by atoms with Gasteiger partial charge in [-0.25, -0.2) is 0 Å². The van der Waals surface area contributed by atoms with Crippen LogP contribution < -0.4 is 0 Å². The van der Waals surface area contributed by atoms with Crippen LogP contribution in [0, 0.1) is 0 Å². The van der Waals surface area contributed by atoms with Crippen LogP contribution in [0.2, 0.25) is 0 Å². The lowest BCUT2D eigenvalue weighted by atomic mass is 9.75. The van der Waals surface area contributed by atoms with Crippen molar-refractivity contribution in [2.45, 2.75) is 25.6 Å². The van der Waals surface area contributed by atoms with Gasteiger partial charge in [-0.2, -0.15) is 13.2 Å². The lowest BCUT2D eigenvalue weighted by Crippen LogP contribution is -2.25. The van der Waals surface area contributed by atoms with Gasteiger partial charge in [0, 0.05) is 0 Å². The quantitative estimate of drug-likeness (QED) is 0.765. The smallest absolute Gasteiger partial charge is 0.404 e. The fourth-order valence-corrected chi connectivity index (χ4v) is 1.82. The standard InChI is InChI=1S/C13H14BF3O2/c1-9(14-18-8-12(2,3)19-14)10-4-6-11(7-5-10)13(15,16)17/h4-7H,1,8H2,2-3H3. The highest BCUT2D eigenvalue weighted by Crippen LogP contribution is 2.32. The van der Waals surface area contributed by atoms with Gasteiger partial charge in [-0.1, -0.05) is 18.7 Å². The van der Waals surface area contributed by atoms with Crippen molar-refractivity contribution >= 4 is 12.6 Å². The van der Waals surface area contributed by atoms with Crippen LogP contribution in [0.25, 0.3) is 5.47 Å². The number of alkyl halides is 3. The molecule has 0 amide bonds. The summed E-state index contributed by atoms with van der Waals surface area (Å²) in [5.74, 6) is 0. The molecule has 6 heteroatoms. The maximum absolute atomic E-state index is 12.5. The van der Waals surface area contributed by atoms with Crippen molar-refractivity contribution in [1.29, 1.82) is 0 Å². The highest BCUT2D eigenvalue weighted by molar-refractivity contribution is 6.68. The monoisotopic (exact) mass is 270 g/mol. The van der Waals surface area contributed by atoms with Gasteiger partial charge in [0.05, 0.1) is 17.8 Å². The summed E-state index contributed by atoms with van der Waals surface area (Å²) < 4.78 is 48.4. The molecule has 0 N–H and O–H groups in total. The Morgan fingerprint density at radius 3 is 2.26 bits per heavy atom. The number of hydrogen-bond donors (Lipinski definition) is 0. The van der Waals surface area contributed by atoms with E-state index in [2.05, 4.69) is 6.58 Å². The third-order valence-electron chi connectivity index (χ3n) is 2.88. The number of benzene rings is 1. The van der Waals surface area contributed by atoms with E-state index in [1.807, 2.05) is 13.8 Å². The van der Waals surface area contributed by atoms with E-state index < -0.39 is 24.5 Å². The molecule has 102 valence electrons. The molecule has 1 aromatic rings. The first-order valence-electron chi connectivity index (χ1n) is 5.85. The molecule has 0 radical (unpaired) electrons. The Balaban J connectivity index is 2.13. The van der Waals surface area contributed by atoms with Gasteiger partial charge in [0.15, 0.2) is 0 Å². The first-order chi connectivity index (χ1) is 8.69. The molecule has 2 rings (SSSR count). The van der Waals surface area contributed by atoms with Gasteiger partial charge in [-0.05, 0) is 37.0 Å². The second kappa shape index (κ2) is 4.69. The van der Waals surface area contributed by atoms with E-state index in [-0.39, 0.29) is 0 Å². The third-order valence-corrected chi connectivity index (χ3v) is 2.88. The molecule has 1 heterocycles. The average molecular weight is 270 g/mol. The Labute approximate surface area is 110 Å². The van der Waals surface area contributed by atoms with Gasteiger partial charge in [-0.3, -0.25) is 0 Å². The molecule has 1 saturated heterocycles. The van der Waals surface area contributed by atoms with Gasteiger partial charge in [0.1, 0.15) is 0 Å². The molecule has 19 heavy (non-hydrogen) atoms. The fourth-order valence-electron chi connectivity index (χ4n) is 1.82. The lowest BCUT2D eigenvalue weighted by molar-refractivity contribution is -0.137. The first-order valence-corrected chi connectivity index (χ1v) is 5.85. The molecule has 0 atom stereocenters. The third kappa shape index (κ3) is 3.19. The normalized spacial score (nSPS) is 18.7. The minimum Gasteiger partial charge on any atom is -0.404 e. The van der Waals surface area contributed by atoms with Gasteiger partial charge >= 0.3 is 13.3 Å².